The molecule has 11 nitrogen and oxygen atoms in total. The number of rotatable bonds is 5. The number of benzene rings is 2. The van der Waals surface area contributed by atoms with Crippen LogP contribution in [-0.4, -0.2) is 34.0 Å². The van der Waals surface area contributed by atoms with Crippen molar-refractivity contribution in [3.8, 4) is 0 Å². The molecular weight excluding hydrogens is 458 g/mol. The molecule has 0 bridgehead atoms. The van der Waals surface area contributed by atoms with Gasteiger partial charge in [0, 0.05) is 24.6 Å². The predicted molar refractivity (Wildman–Crippen MR) is 116 cm³/mol. The summed E-state index contributed by atoms with van der Waals surface area (Å²) in [4.78, 5) is 38.9. The number of anilines is 1. The first-order valence-electron chi connectivity index (χ1n) is 8.91. The highest BCUT2D eigenvalue weighted by Gasteiger charge is 2.23. The van der Waals surface area contributed by atoms with Crippen molar-refractivity contribution in [3.05, 3.63) is 80.9 Å². The molecule has 0 atom stereocenters. The number of nitro groups is 1. The summed E-state index contributed by atoms with van der Waals surface area (Å²) in [6.07, 6.45) is 1.09. The topological polar surface area (TPSA) is 154 Å². The molecule has 32 heavy (non-hydrogen) atoms. The minimum atomic E-state index is -3.99. The van der Waals surface area contributed by atoms with Crippen LogP contribution in [-0.2, 0) is 16.9 Å². The molecule has 0 aliphatic carbocycles. The maximum absolute atomic E-state index is 12.8. The molecule has 2 heterocycles. The monoisotopic (exact) mass is 471 g/mol. The van der Waals surface area contributed by atoms with Gasteiger partial charge in [-0.3, -0.25) is 25.0 Å². The van der Waals surface area contributed by atoms with Crippen LogP contribution in [0.3, 0.4) is 0 Å². The normalized spacial score (nSPS) is 11.4. The standard InChI is InChI=1S/C19H13N5O6S2/c1-23-18(26)14-5-3-2-4-13(14)16(22-23)17(25)21-19-20-10-15(31-19)32(29,30)12-8-6-11(7-9-12)24(27)28/h2-10H,1H3,(H,20,21,25). The number of amides is 1. The molecule has 0 spiro atoms. The number of hydrogen-bond donors (Lipinski definition) is 1. The number of carbonyl (C=O) groups excluding carboxylic acids is 1. The second-order valence-corrected chi connectivity index (χ2v) is 9.72. The van der Waals surface area contributed by atoms with Gasteiger partial charge >= 0.3 is 0 Å². The van der Waals surface area contributed by atoms with E-state index in [4.69, 9.17) is 0 Å². The summed E-state index contributed by atoms with van der Waals surface area (Å²) >= 11 is 0.720. The SMILES string of the molecule is Cn1nc(C(=O)Nc2ncc(S(=O)(=O)c3ccc([N+](=O)[O-])cc3)s2)c2ccccc2c1=O. The van der Waals surface area contributed by atoms with Gasteiger partial charge in [0.25, 0.3) is 17.2 Å². The number of aromatic nitrogens is 3. The van der Waals surface area contributed by atoms with Crippen molar-refractivity contribution in [3.63, 3.8) is 0 Å². The van der Waals surface area contributed by atoms with Crippen LogP contribution in [0.2, 0.25) is 0 Å². The third-order valence-corrected chi connectivity index (χ3v) is 7.64. The fourth-order valence-corrected chi connectivity index (χ4v) is 5.36. The molecule has 0 unspecified atom stereocenters. The summed E-state index contributed by atoms with van der Waals surface area (Å²) in [5, 5.41) is 18.0. The molecule has 0 saturated heterocycles. The maximum atomic E-state index is 12.8. The Kier molecular flexibility index (Phi) is 5.28. The Labute approximate surface area is 184 Å². The molecule has 2 aromatic heterocycles. The molecule has 1 N–H and O–H groups in total. The van der Waals surface area contributed by atoms with E-state index in [0.29, 0.717) is 10.8 Å². The Balaban J connectivity index is 1.63. The van der Waals surface area contributed by atoms with Crippen LogP contribution >= 0.6 is 11.3 Å². The number of nitro benzene ring substituents is 1. The van der Waals surface area contributed by atoms with Gasteiger partial charge in [-0.25, -0.2) is 18.1 Å². The van der Waals surface area contributed by atoms with Crippen LogP contribution in [0.15, 0.2) is 68.6 Å². The lowest BCUT2D eigenvalue weighted by Gasteiger charge is -2.07. The van der Waals surface area contributed by atoms with Crippen LogP contribution in [0.1, 0.15) is 10.5 Å². The van der Waals surface area contributed by atoms with Gasteiger partial charge in [-0.15, -0.1) is 0 Å². The maximum Gasteiger partial charge on any atom is 0.278 e. The van der Waals surface area contributed by atoms with Gasteiger partial charge in [0.15, 0.2) is 10.8 Å². The number of fused-ring (bicyclic) bond motifs is 1. The molecule has 0 aliphatic heterocycles. The van der Waals surface area contributed by atoms with Crippen LogP contribution in [0, 0.1) is 10.1 Å². The molecule has 0 fully saturated rings. The van der Waals surface area contributed by atoms with E-state index in [-0.39, 0.29) is 31.2 Å². The highest BCUT2D eigenvalue weighted by molar-refractivity contribution is 7.93. The van der Waals surface area contributed by atoms with E-state index in [2.05, 4.69) is 15.4 Å². The van der Waals surface area contributed by atoms with Gasteiger partial charge in [-0.1, -0.05) is 29.5 Å². The largest absolute Gasteiger partial charge is 0.296 e. The molecule has 13 heteroatoms. The van der Waals surface area contributed by atoms with Gasteiger partial charge in [0.1, 0.15) is 4.21 Å². The number of non-ortho nitro benzene ring substituents is 1. The highest BCUT2D eigenvalue weighted by Crippen LogP contribution is 2.30. The number of thiazole rings is 1. The zero-order valence-electron chi connectivity index (χ0n) is 16.3. The number of aryl methyl sites for hydroxylation is 1. The van der Waals surface area contributed by atoms with Crippen LogP contribution in [0.4, 0.5) is 10.8 Å². The van der Waals surface area contributed by atoms with Crippen molar-refractivity contribution < 1.29 is 18.1 Å². The van der Waals surface area contributed by atoms with E-state index < -0.39 is 20.7 Å². The molecule has 2 aromatic carbocycles. The van der Waals surface area contributed by atoms with Gasteiger partial charge < -0.3 is 0 Å². The van der Waals surface area contributed by atoms with Crippen LogP contribution < -0.4 is 10.9 Å². The summed E-state index contributed by atoms with van der Waals surface area (Å²) in [7, 11) is -2.57. The van der Waals surface area contributed by atoms with Crippen molar-refractivity contribution >= 4 is 48.7 Å². The van der Waals surface area contributed by atoms with Crippen molar-refractivity contribution in [2.45, 2.75) is 9.10 Å². The molecule has 162 valence electrons. The minimum absolute atomic E-state index is 0.00946. The lowest BCUT2D eigenvalue weighted by molar-refractivity contribution is -0.384. The number of hydrogen-bond acceptors (Lipinski definition) is 9. The third-order valence-electron chi connectivity index (χ3n) is 4.50. The molecule has 4 rings (SSSR count). The average molecular weight is 471 g/mol. The van der Waals surface area contributed by atoms with E-state index in [1.165, 1.54) is 7.05 Å². The van der Waals surface area contributed by atoms with Crippen molar-refractivity contribution in [2.75, 3.05) is 5.32 Å². The summed E-state index contributed by atoms with van der Waals surface area (Å²) in [6.45, 7) is 0. The van der Waals surface area contributed by atoms with E-state index in [0.717, 1.165) is 46.5 Å². The third kappa shape index (κ3) is 3.74. The highest BCUT2D eigenvalue weighted by atomic mass is 32.2. The Hall–Kier alpha value is -3.97. The van der Waals surface area contributed by atoms with Gasteiger partial charge in [-0.2, -0.15) is 5.10 Å². The number of carbonyl (C=O) groups is 1. The summed E-state index contributed by atoms with van der Waals surface area (Å²) in [5.74, 6) is -0.662. The smallest absolute Gasteiger partial charge is 0.278 e. The summed E-state index contributed by atoms with van der Waals surface area (Å²) in [5.41, 5.74) is -0.612. The quantitative estimate of drug-likeness (QED) is 0.344. The van der Waals surface area contributed by atoms with E-state index in [9.17, 15) is 28.1 Å². The Morgan fingerprint density at radius 3 is 2.44 bits per heavy atom. The Morgan fingerprint density at radius 1 is 1.12 bits per heavy atom. The van der Waals surface area contributed by atoms with Crippen molar-refractivity contribution in [2.24, 2.45) is 7.05 Å². The molecule has 1 amide bonds. The number of nitrogens with one attached hydrogen (secondary N) is 1. The average Bonchev–Trinajstić information content (AvgIpc) is 3.25. The zero-order valence-corrected chi connectivity index (χ0v) is 17.9. The second kappa shape index (κ2) is 7.94. The number of nitrogens with zero attached hydrogens (tertiary/aromatic N) is 4. The summed E-state index contributed by atoms with van der Waals surface area (Å²) in [6, 6.07) is 10.9. The molecule has 0 aliphatic rings. The second-order valence-electron chi connectivity index (χ2n) is 6.52. The lowest BCUT2D eigenvalue weighted by atomic mass is 10.1. The van der Waals surface area contributed by atoms with E-state index in [1.54, 1.807) is 24.3 Å². The molecule has 0 saturated carbocycles. The molecular formula is C19H13N5O6S2. The lowest BCUT2D eigenvalue weighted by Crippen LogP contribution is -2.25. The predicted octanol–water partition coefficient (Wildman–Crippen LogP) is 2.38. The van der Waals surface area contributed by atoms with Crippen molar-refractivity contribution in [1.82, 2.24) is 14.8 Å². The Morgan fingerprint density at radius 2 is 1.78 bits per heavy atom. The fourth-order valence-electron chi connectivity index (χ4n) is 2.93. The van der Waals surface area contributed by atoms with Crippen LogP contribution in [0.25, 0.3) is 10.8 Å². The summed E-state index contributed by atoms with van der Waals surface area (Å²) < 4.78 is 26.4. The van der Waals surface area contributed by atoms with Gasteiger partial charge in [-0.05, 0) is 18.2 Å². The first-order chi connectivity index (χ1) is 15.2. The van der Waals surface area contributed by atoms with Gasteiger partial charge in [0.2, 0.25) is 9.84 Å². The fraction of sp³-hybridized carbons (Fsp3) is 0.0526. The van der Waals surface area contributed by atoms with Gasteiger partial charge in [0.05, 0.1) is 21.4 Å². The first-order valence-corrected chi connectivity index (χ1v) is 11.2. The van der Waals surface area contributed by atoms with E-state index >= 15 is 0 Å². The molecule has 4 aromatic rings. The van der Waals surface area contributed by atoms with Crippen LogP contribution in [0.5, 0.6) is 0 Å². The van der Waals surface area contributed by atoms with E-state index in [1.807, 2.05) is 0 Å². The first kappa shape index (κ1) is 21.3. The van der Waals surface area contributed by atoms with Crippen molar-refractivity contribution in [1.29, 1.82) is 0 Å². The number of sulfone groups is 1. The Bertz CT molecular complexity index is 1540. The molecule has 0 radical (unpaired) electrons. The zero-order chi connectivity index (χ0) is 23.0. The minimum Gasteiger partial charge on any atom is -0.296 e.